The van der Waals surface area contributed by atoms with Crippen molar-refractivity contribution in [3.63, 3.8) is 0 Å². The molecule has 0 saturated heterocycles. The van der Waals surface area contributed by atoms with Gasteiger partial charge in [-0.1, -0.05) is 88.9 Å². The number of benzene rings is 2. The molecule has 32 heavy (non-hydrogen) atoms. The van der Waals surface area contributed by atoms with Gasteiger partial charge in [0, 0.05) is 24.8 Å². The summed E-state index contributed by atoms with van der Waals surface area (Å²) >= 11 is 0. The lowest BCUT2D eigenvalue weighted by Gasteiger charge is -2.29. The number of ketones is 1. The summed E-state index contributed by atoms with van der Waals surface area (Å²) in [6.07, 6.45) is 9.08. The number of carbonyl (C=O) groups excluding carboxylic acids is 1. The third kappa shape index (κ3) is 6.48. The van der Waals surface area contributed by atoms with E-state index in [1.807, 2.05) is 18.2 Å². The van der Waals surface area contributed by atoms with Gasteiger partial charge in [0.05, 0.1) is 12.9 Å². The zero-order valence-electron chi connectivity index (χ0n) is 20.2. The fourth-order valence-corrected chi connectivity index (χ4v) is 4.51. The van der Waals surface area contributed by atoms with Crippen LogP contribution in [0.5, 0.6) is 5.75 Å². The number of rotatable bonds is 11. The van der Waals surface area contributed by atoms with E-state index >= 15 is 0 Å². The van der Waals surface area contributed by atoms with Crippen LogP contribution in [0.25, 0.3) is 0 Å². The molecule has 2 aromatic carbocycles. The van der Waals surface area contributed by atoms with Crippen LogP contribution in [-0.4, -0.2) is 12.9 Å². The number of methoxy groups -OCH3 is 1. The van der Waals surface area contributed by atoms with Crippen molar-refractivity contribution in [2.75, 3.05) is 7.11 Å². The monoisotopic (exact) mass is 434 g/mol. The molecule has 0 spiro atoms. The Morgan fingerprint density at radius 2 is 1.78 bits per heavy atom. The normalized spacial score (nSPS) is 16.6. The maximum Gasteiger partial charge on any atom is 0.159 e. The molecular weight excluding hydrogens is 396 g/mol. The Hall–Kier alpha value is -2.55. The number of carbonyl (C=O) groups is 1. The maximum absolute atomic E-state index is 12.3. The van der Waals surface area contributed by atoms with E-state index < -0.39 is 0 Å². The fraction of sp³-hybridized carbons (Fsp3) is 0.483. The van der Waals surface area contributed by atoms with Gasteiger partial charge < -0.3 is 9.47 Å². The highest BCUT2D eigenvalue weighted by Gasteiger charge is 2.28. The van der Waals surface area contributed by atoms with Crippen LogP contribution in [0.2, 0.25) is 0 Å². The van der Waals surface area contributed by atoms with Crippen molar-refractivity contribution < 1.29 is 14.3 Å². The van der Waals surface area contributed by atoms with Crippen LogP contribution in [0.15, 0.2) is 60.4 Å². The van der Waals surface area contributed by atoms with E-state index in [-0.39, 0.29) is 17.1 Å². The van der Waals surface area contributed by atoms with Crippen LogP contribution in [0.4, 0.5) is 0 Å². The predicted octanol–water partition coefficient (Wildman–Crippen LogP) is 7.49. The summed E-state index contributed by atoms with van der Waals surface area (Å²) in [5.41, 5.74) is 3.62. The van der Waals surface area contributed by atoms with Gasteiger partial charge in [0.2, 0.25) is 0 Å². The van der Waals surface area contributed by atoms with Crippen molar-refractivity contribution in [2.45, 2.75) is 83.7 Å². The summed E-state index contributed by atoms with van der Waals surface area (Å²) in [5, 5.41) is 0. The first kappa shape index (κ1) is 24.1. The Morgan fingerprint density at radius 1 is 1.00 bits per heavy atom. The lowest BCUT2D eigenvalue weighted by Crippen LogP contribution is -2.19. The van der Waals surface area contributed by atoms with Gasteiger partial charge in [-0.3, -0.25) is 4.79 Å². The summed E-state index contributed by atoms with van der Waals surface area (Å²) in [6.45, 7) is 7.41. The minimum Gasteiger partial charge on any atom is -0.501 e. The number of ether oxygens (including phenoxy) is 2. The Bertz CT molecular complexity index is 911. The molecule has 3 nitrogen and oxygen atoms in total. The molecule has 3 rings (SSSR count). The molecule has 3 heteroatoms. The minimum atomic E-state index is 0.0786. The van der Waals surface area contributed by atoms with E-state index in [2.05, 4.69) is 51.1 Å². The Labute approximate surface area is 193 Å². The topological polar surface area (TPSA) is 35.5 Å². The first-order chi connectivity index (χ1) is 15.4. The summed E-state index contributed by atoms with van der Waals surface area (Å²) < 4.78 is 11.8. The van der Waals surface area contributed by atoms with E-state index in [0.29, 0.717) is 13.0 Å². The van der Waals surface area contributed by atoms with Gasteiger partial charge in [0.1, 0.15) is 12.4 Å². The van der Waals surface area contributed by atoms with E-state index in [1.54, 1.807) is 13.2 Å². The molecule has 0 saturated carbocycles. The van der Waals surface area contributed by atoms with Gasteiger partial charge >= 0.3 is 0 Å². The standard InChI is InChI=1S/C29H38O3/c1-5-6-7-11-16-29(2,3)24-14-15-27(23-17-25(30)20-26(18-23)31-4)28(19-24)32-21-22-12-9-8-10-13-22/h8-10,12-15,19-20,23H,5-7,11,16-18,21H2,1-4H3. The summed E-state index contributed by atoms with van der Waals surface area (Å²) in [5.74, 6) is 1.84. The number of unbranched alkanes of at least 4 members (excludes halogenated alkanes) is 3. The average Bonchev–Trinajstić information content (AvgIpc) is 2.80. The van der Waals surface area contributed by atoms with Crippen LogP contribution in [0.3, 0.4) is 0 Å². The van der Waals surface area contributed by atoms with Crippen molar-refractivity contribution in [1.82, 2.24) is 0 Å². The van der Waals surface area contributed by atoms with Crippen molar-refractivity contribution in [1.29, 1.82) is 0 Å². The highest BCUT2D eigenvalue weighted by atomic mass is 16.5. The highest BCUT2D eigenvalue weighted by Crippen LogP contribution is 2.40. The van der Waals surface area contributed by atoms with E-state index in [1.165, 1.54) is 31.2 Å². The summed E-state index contributed by atoms with van der Waals surface area (Å²) in [6, 6.07) is 16.9. The average molecular weight is 435 g/mol. The molecular formula is C29H38O3. The van der Waals surface area contributed by atoms with E-state index in [0.717, 1.165) is 35.5 Å². The number of allylic oxidation sites excluding steroid dienone is 2. The molecule has 0 N–H and O–H groups in total. The Morgan fingerprint density at radius 3 is 2.50 bits per heavy atom. The zero-order valence-corrected chi connectivity index (χ0v) is 20.2. The minimum absolute atomic E-state index is 0.0786. The molecule has 1 atom stereocenters. The summed E-state index contributed by atoms with van der Waals surface area (Å²) in [7, 11) is 1.64. The summed E-state index contributed by atoms with van der Waals surface area (Å²) in [4.78, 5) is 12.3. The fourth-order valence-electron chi connectivity index (χ4n) is 4.51. The smallest absolute Gasteiger partial charge is 0.159 e. The molecule has 0 aliphatic heterocycles. The molecule has 172 valence electrons. The first-order valence-corrected chi connectivity index (χ1v) is 12.0. The van der Waals surface area contributed by atoms with Gasteiger partial charge in [-0.25, -0.2) is 0 Å². The molecule has 0 fully saturated rings. The van der Waals surface area contributed by atoms with Crippen molar-refractivity contribution in [3.05, 3.63) is 77.1 Å². The van der Waals surface area contributed by atoms with Crippen molar-refractivity contribution >= 4 is 5.78 Å². The molecule has 0 radical (unpaired) electrons. The molecule has 1 aliphatic rings. The van der Waals surface area contributed by atoms with Gasteiger partial charge in [0.15, 0.2) is 5.78 Å². The van der Waals surface area contributed by atoms with Gasteiger partial charge in [0.25, 0.3) is 0 Å². The van der Waals surface area contributed by atoms with E-state index in [9.17, 15) is 4.79 Å². The number of hydrogen-bond acceptors (Lipinski definition) is 3. The van der Waals surface area contributed by atoms with Crippen LogP contribution in [0.1, 0.15) is 88.3 Å². The highest BCUT2D eigenvalue weighted by molar-refractivity contribution is 5.91. The first-order valence-electron chi connectivity index (χ1n) is 12.0. The Kier molecular flexibility index (Phi) is 8.55. The second-order valence-electron chi connectivity index (χ2n) is 9.61. The third-order valence-corrected chi connectivity index (χ3v) is 6.61. The van der Waals surface area contributed by atoms with Crippen LogP contribution in [0, 0.1) is 0 Å². The third-order valence-electron chi connectivity index (χ3n) is 6.61. The van der Waals surface area contributed by atoms with Crippen molar-refractivity contribution in [2.24, 2.45) is 0 Å². The van der Waals surface area contributed by atoms with Crippen LogP contribution < -0.4 is 4.74 Å². The van der Waals surface area contributed by atoms with Gasteiger partial charge in [-0.2, -0.15) is 0 Å². The van der Waals surface area contributed by atoms with Crippen molar-refractivity contribution in [3.8, 4) is 5.75 Å². The van der Waals surface area contributed by atoms with E-state index in [4.69, 9.17) is 9.47 Å². The molecule has 0 aromatic heterocycles. The molecule has 0 bridgehead atoms. The quantitative estimate of drug-likeness (QED) is 0.344. The number of hydrogen-bond donors (Lipinski definition) is 0. The molecule has 1 aliphatic carbocycles. The largest absolute Gasteiger partial charge is 0.501 e. The van der Waals surface area contributed by atoms with Crippen LogP contribution >= 0.6 is 0 Å². The Balaban J connectivity index is 1.86. The zero-order chi connectivity index (χ0) is 23.0. The molecule has 1 unspecified atom stereocenters. The second-order valence-corrected chi connectivity index (χ2v) is 9.61. The SMILES string of the molecule is CCCCCCC(C)(C)c1ccc(C2CC(=O)C=C(OC)C2)c(OCc2ccccc2)c1. The van der Waals surface area contributed by atoms with Gasteiger partial charge in [-0.15, -0.1) is 0 Å². The van der Waals surface area contributed by atoms with Gasteiger partial charge in [-0.05, 0) is 34.6 Å². The molecule has 0 heterocycles. The second kappa shape index (κ2) is 11.4. The predicted molar refractivity (Wildman–Crippen MR) is 131 cm³/mol. The molecule has 0 amide bonds. The molecule has 2 aromatic rings. The maximum atomic E-state index is 12.3. The lowest BCUT2D eigenvalue weighted by molar-refractivity contribution is -0.115. The van der Waals surface area contributed by atoms with Crippen LogP contribution in [-0.2, 0) is 21.6 Å². The lowest BCUT2D eigenvalue weighted by atomic mass is 9.78.